The molecule has 98 valence electrons. The molecule has 0 bridgehead atoms. The number of fused-ring (bicyclic) bond motifs is 1. The van der Waals surface area contributed by atoms with Crippen LogP contribution >= 0.6 is 11.8 Å². The Bertz CT molecular complexity index is 405. The second-order valence-electron chi connectivity index (χ2n) is 4.77. The van der Waals surface area contributed by atoms with Crippen LogP contribution in [0.2, 0.25) is 0 Å². The number of hydrogen-bond acceptors (Lipinski definition) is 4. The lowest BCUT2D eigenvalue weighted by molar-refractivity contribution is 0.297. The highest BCUT2D eigenvalue weighted by Crippen LogP contribution is 2.30. The predicted octanol–water partition coefficient (Wildman–Crippen LogP) is 2.44. The molecule has 0 spiro atoms. The molecule has 1 N–H and O–H groups in total. The fourth-order valence-electron chi connectivity index (χ4n) is 2.28. The van der Waals surface area contributed by atoms with Gasteiger partial charge in [-0.25, -0.2) is 0 Å². The van der Waals surface area contributed by atoms with Crippen molar-refractivity contribution in [3.63, 3.8) is 0 Å². The van der Waals surface area contributed by atoms with Crippen molar-refractivity contribution < 1.29 is 9.47 Å². The van der Waals surface area contributed by atoms with E-state index in [1.165, 1.54) is 23.5 Å². The summed E-state index contributed by atoms with van der Waals surface area (Å²) in [6.07, 6.45) is 2.25. The zero-order valence-corrected chi connectivity index (χ0v) is 11.3. The van der Waals surface area contributed by atoms with Gasteiger partial charge in [0.25, 0.3) is 0 Å². The summed E-state index contributed by atoms with van der Waals surface area (Å²) in [5, 5.41) is 3.60. The molecule has 4 heteroatoms. The third kappa shape index (κ3) is 2.93. The lowest BCUT2D eigenvalue weighted by atomic mass is 10.2. The maximum Gasteiger partial charge on any atom is 0.161 e. The van der Waals surface area contributed by atoms with Crippen LogP contribution in [0.15, 0.2) is 18.2 Å². The van der Waals surface area contributed by atoms with Crippen LogP contribution in [0.25, 0.3) is 0 Å². The Morgan fingerprint density at radius 3 is 2.94 bits per heavy atom. The molecule has 18 heavy (non-hydrogen) atoms. The molecular weight excluding hydrogens is 246 g/mol. The molecule has 1 fully saturated rings. The summed E-state index contributed by atoms with van der Waals surface area (Å²) in [5.41, 5.74) is 1.27. The number of thioether (sulfide) groups is 1. The number of nitrogens with one attached hydrogen (secondary N) is 1. The van der Waals surface area contributed by atoms with Gasteiger partial charge in [-0.3, -0.25) is 0 Å². The molecule has 0 saturated carbocycles. The summed E-state index contributed by atoms with van der Waals surface area (Å²) in [5.74, 6) is 4.31. The van der Waals surface area contributed by atoms with Gasteiger partial charge in [-0.15, -0.1) is 0 Å². The molecule has 2 aliphatic heterocycles. The molecular formula is C14H19NO2S. The summed E-state index contributed by atoms with van der Waals surface area (Å²) in [6.45, 7) is 2.43. The highest BCUT2D eigenvalue weighted by molar-refractivity contribution is 7.99. The SMILES string of the molecule is c1cc2c(cc1CNC1CCSC1)OCCCO2. The molecule has 3 nitrogen and oxygen atoms in total. The topological polar surface area (TPSA) is 30.5 Å². The minimum absolute atomic E-state index is 0.672. The monoisotopic (exact) mass is 265 g/mol. The standard InChI is InChI=1S/C14H19NO2S/c1-5-16-13-3-2-11(8-14(13)17-6-1)9-15-12-4-7-18-10-12/h2-3,8,12,15H,1,4-7,9-10H2. The van der Waals surface area contributed by atoms with E-state index in [1.54, 1.807) is 0 Å². The maximum atomic E-state index is 5.70. The van der Waals surface area contributed by atoms with Gasteiger partial charge in [-0.2, -0.15) is 11.8 Å². The van der Waals surface area contributed by atoms with E-state index in [-0.39, 0.29) is 0 Å². The molecule has 2 heterocycles. The summed E-state index contributed by atoms with van der Waals surface area (Å²) in [6, 6.07) is 6.94. The van der Waals surface area contributed by atoms with Gasteiger partial charge in [0, 0.05) is 24.8 Å². The van der Waals surface area contributed by atoms with E-state index in [0.29, 0.717) is 6.04 Å². The van der Waals surface area contributed by atoms with Crippen molar-refractivity contribution in [3.05, 3.63) is 23.8 Å². The number of ether oxygens (including phenoxy) is 2. The fraction of sp³-hybridized carbons (Fsp3) is 0.571. The van der Waals surface area contributed by atoms with Crippen molar-refractivity contribution in [2.24, 2.45) is 0 Å². The van der Waals surface area contributed by atoms with Crippen molar-refractivity contribution in [3.8, 4) is 11.5 Å². The Kier molecular flexibility index (Phi) is 3.96. The summed E-state index contributed by atoms with van der Waals surface area (Å²) in [4.78, 5) is 0. The Balaban J connectivity index is 1.63. The largest absolute Gasteiger partial charge is 0.490 e. The molecule has 1 aromatic carbocycles. The first-order valence-corrected chi connectivity index (χ1v) is 7.77. The minimum atomic E-state index is 0.672. The fourth-order valence-corrected chi connectivity index (χ4v) is 3.46. The second kappa shape index (κ2) is 5.85. The smallest absolute Gasteiger partial charge is 0.161 e. The average molecular weight is 265 g/mol. The highest BCUT2D eigenvalue weighted by Gasteiger charge is 2.15. The van der Waals surface area contributed by atoms with Gasteiger partial charge in [0.2, 0.25) is 0 Å². The van der Waals surface area contributed by atoms with E-state index in [0.717, 1.165) is 37.7 Å². The Morgan fingerprint density at radius 1 is 1.22 bits per heavy atom. The van der Waals surface area contributed by atoms with Gasteiger partial charge in [0.05, 0.1) is 13.2 Å². The zero-order valence-electron chi connectivity index (χ0n) is 10.5. The molecule has 0 aromatic heterocycles. The minimum Gasteiger partial charge on any atom is -0.490 e. The van der Waals surface area contributed by atoms with Crippen molar-refractivity contribution in [1.82, 2.24) is 5.32 Å². The van der Waals surface area contributed by atoms with Crippen LogP contribution in [-0.4, -0.2) is 30.8 Å². The molecule has 1 unspecified atom stereocenters. The van der Waals surface area contributed by atoms with E-state index in [2.05, 4.69) is 17.4 Å². The molecule has 3 rings (SSSR count). The van der Waals surface area contributed by atoms with Gasteiger partial charge in [-0.1, -0.05) is 6.07 Å². The first-order valence-electron chi connectivity index (χ1n) is 6.61. The van der Waals surface area contributed by atoms with Crippen LogP contribution in [0.3, 0.4) is 0 Å². The van der Waals surface area contributed by atoms with Crippen LogP contribution < -0.4 is 14.8 Å². The van der Waals surface area contributed by atoms with E-state index in [9.17, 15) is 0 Å². The van der Waals surface area contributed by atoms with Gasteiger partial charge in [-0.05, 0) is 29.9 Å². The Hall–Kier alpha value is -0.870. The van der Waals surface area contributed by atoms with Crippen LogP contribution in [0.4, 0.5) is 0 Å². The number of rotatable bonds is 3. The summed E-state index contributed by atoms with van der Waals surface area (Å²) < 4.78 is 11.3. The van der Waals surface area contributed by atoms with Gasteiger partial charge < -0.3 is 14.8 Å². The molecule has 0 amide bonds. The van der Waals surface area contributed by atoms with E-state index >= 15 is 0 Å². The molecule has 0 aliphatic carbocycles. The number of benzene rings is 1. The lowest BCUT2D eigenvalue weighted by Gasteiger charge is -2.13. The van der Waals surface area contributed by atoms with Crippen molar-refractivity contribution >= 4 is 11.8 Å². The second-order valence-corrected chi connectivity index (χ2v) is 5.92. The molecule has 1 aromatic rings. The van der Waals surface area contributed by atoms with Gasteiger partial charge in [0.1, 0.15) is 0 Å². The first kappa shape index (κ1) is 12.2. The quantitative estimate of drug-likeness (QED) is 0.909. The Labute approximate surface area is 112 Å². The van der Waals surface area contributed by atoms with Crippen LogP contribution in [0, 0.1) is 0 Å². The van der Waals surface area contributed by atoms with E-state index in [4.69, 9.17) is 9.47 Å². The third-order valence-corrected chi connectivity index (χ3v) is 4.50. The Morgan fingerprint density at radius 2 is 2.11 bits per heavy atom. The van der Waals surface area contributed by atoms with E-state index < -0.39 is 0 Å². The normalized spacial score (nSPS) is 22.8. The molecule has 1 atom stereocenters. The third-order valence-electron chi connectivity index (χ3n) is 3.34. The van der Waals surface area contributed by atoms with Crippen LogP contribution in [0.5, 0.6) is 11.5 Å². The molecule has 2 aliphatic rings. The lowest BCUT2D eigenvalue weighted by Crippen LogP contribution is -2.27. The van der Waals surface area contributed by atoms with Crippen molar-refractivity contribution in [2.45, 2.75) is 25.4 Å². The summed E-state index contributed by atoms with van der Waals surface area (Å²) >= 11 is 2.04. The van der Waals surface area contributed by atoms with E-state index in [1.807, 2.05) is 17.8 Å². The van der Waals surface area contributed by atoms with Crippen molar-refractivity contribution in [2.75, 3.05) is 24.7 Å². The first-order chi connectivity index (χ1) is 8.92. The summed E-state index contributed by atoms with van der Waals surface area (Å²) in [7, 11) is 0. The average Bonchev–Trinajstić information content (AvgIpc) is 2.80. The highest BCUT2D eigenvalue weighted by atomic mass is 32.2. The van der Waals surface area contributed by atoms with Crippen LogP contribution in [-0.2, 0) is 6.54 Å². The molecule has 0 radical (unpaired) electrons. The predicted molar refractivity (Wildman–Crippen MR) is 74.6 cm³/mol. The van der Waals surface area contributed by atoms with Crippen LogP contribution in [0.1, 0.15) is 18.4 Å². The molecule has 1 saturated heterocycles. The zero-order chi connectivity index (χ0) is 12.2. The maximum absolute atomic E-state index is 5.70. The van der Waals surface area contributed by atoms with Crippen molar-refractivity contribution in [1.29, 1.82) is 0 Å². The van der Waals surface area contributed by atoms with Gasteiger partial charge >= 0.3 is 0 Å². The number of hydrogen-bond donors (Lipinski definition) is 1. The van der Waals surface area contributed by atoms with Gasteiger partial charge in [0.15, 0.2) is 11.5 Å².